The van der Waals surface area contributed by atoms with Gasteiger partial charge in [-0.1, -0.05) is 42.3 Å². The van der Waals surface area contributed by atoms with E-state index < -0.39 is 11.7 Å². The molecule has 8 nitrogen and oxygen atoms in total. The van der Waals surface area contributed by atoms with E-state index in [4.69, 9.17) is 43.0 Å². The topological polar surface area (TPSA) is 101 Å². The molecule has 1 amide bonds. The number of nitrogens with one attached hydrogen (secondary N) is 2. The SMILES string of the molecule is CCc1nn(CCNC(=O)OC(C)(C)C)c(CNCc2ccc(C#N)cc2)c1Oc1cc(Cl)cc(Cl)c1. The Morgan fingerprint density at radius 2 is 1.78 bits per heavy atom. The first kappa shape index (κ1) is 28.3. The Balaban J connectivity index is 1.81. The number of aromatic nitrogens is 2. The van der Waals surface area contributed by atoms with Gasteiger partial charge in [0.1, 0.15) is 17.0 Å². The number of rotatable bonds is 10. The zero-order valence-electron chi connectivity index (χ0n) is 21.4. The molecule has 1 heterocycles. The second-order valence-electron chi connectivity index (χ2n) is 9.35. The molecule has 0 atom stereocenters. The molecule has 0 aliphatic heterocycles. The summed E-state index contributed by atoms with van der Waals surface area (Å²) >= 11 is 12.4. The normalized spacial score (nSPS) is 11.2. The summed E-state index contributed by atoms with van der Waals surface area (Å²) < 4.78 is 13.4. The Kier molecular flexibility index (Phi) is 9.81. The second-order valence-corrected chi connectivity index (χ2v) is 10.2. The van der Waals surface area contributed by atoms with E-state index >= 15 is 0 Å². The highest BCUT2D eigenvalue weighted by atomic mass is 35.5. The zero-order valence-corrected chi connectivity index (χ0v) is 22.9. The Labute approximate surface area is 227 Å². The predicted octanol–water partition coefficient (Wildman–Crippen LogP) is 6.23. The van der Waals surface area contributed by atoms with Crippen LogP contribution in [0, 0.1) is 11.3 Å². The molecule has 0 saturated heterocycles. The van der Waals surface area contributed by atoms with Gasteiger partial charge in [0.05, 0.1) is 23.9 Å². The van der Waals surface area contributed by atoms with Crippen LogP contribution in [0.3, 0.4) is 0 Å². The van der Waals surface area contributed by atoms with Crippen molar-refractivity contribution >= 4 is 29.3 Å². The summed E-state index contributed by atoms with van der Waals surface area (Å²) in [5.41, 5.74) is 2.65. The monoisotopic (exact) mass is 543 g/mol. The molecule has 37 heavy (non-hydrogen) atoms. The van der Waals surface area contributed by atoms with E-state index in [1.165, 1.54) is 0 Å². The first-order valence-electron chi connectivity index (χ1n) is 12.0. The standard InChI is InChI=1S/C27H31Cl2N5O3/c1-5-23-25(36-22-13-20(28)12-21(29)14-22)24(17-31-16-19-8-6-18(15-30)7-9-19)34(33-23)11-10-32-26(35)37-27(2,3)4/h6-9,12-14,31H,5,10-11,16-17H2,1-4H3,(H,32,35). The fourth-order valence-corrected chi connectivity index (χ4v) is 4.05. The Hall–Kier alpha value is -3.25. The van der Waals surface area contributed by atoms with E-state index in [1.807, 2.05) is 44.5 Å². The maximum Gasteiger partial charge on any atom is 0.407 e. The third-order valence-corrected chi connectivity index (χ3v) is 5.60. The van der Waals surface area contributed by atoms with Gasteiger partial charge in [0.2, 0.25) is 0 Å². The molecule has 2 N–H and O–H groups in total. The van der Waals surface area contributed by atoms with Crippen molar-refractivity contribution in [1.29, 1.82) is 5.26 Å². The minimum atomic E-state index is -0.578. The first-order valence-corrected chi connectivity index (χ1v) is 12.7. The van der Waals surface area contributed by atoms with Crippen LogP contribution in [0.5, 0.6) is 11.5 Å². The van der Waals surface area contributed by atoms with Crippen molar-refractivity contribution in [3.8, 4) is 17.6 Å². The average molecular weight is 544 g/mol. The Morgan fingerprint density at radius 1 is 1.11 bits per heavy atom. The van der Waals surface area contributed by atoms with Crippen molar-refractivity contribution in [1.82, 2.24) is 20.4 Å². The smallest absolute Gasteiger partial charge is 0.407 e. The number of carbonyl (C=O) groups excluding carboxylic acids is 1. The summed E-state index contributed by atoms with van der Waals surface area (Å²) in [4.78, 5) is 12.1. The molecular formula is C27H31Cl2N5O3. The van der Waals surface area contributed by atoms with Gasteiger partial charge in [-0.2, -0.15) is 10.4 Å². The highest BCUT2D eigenvalue weighted by Gasteiger charge is 2.20. The molecule has 0 spiro atoms. The Morgan fingerprint density at radius 3 is 2.38 bits per heavy atom. The number of hydrogen-bond donors (Lipinski definition) is 2. The molecule has 0 aliphatic rings. The highest BCUT2D eigenvalue weighted by molar-refractivity contribution is 6.34. The molecule has 10 heteroatoms. The number of aryl methyl sites for hydroxylation is 1. The number of ether oxygens (including phenoxy) is 2. The molecule has 0 fully saturated rings. The molecule has 0 unspecified atom stereocenters. The number of amides is 1. The maximum atomic E-state index is 12.1. The predicted molar refractivity (Wildman–Crippen MR) is 144 cm³/mol. The van der Waals surface area contributed by atoms with Crippen LogP contribution in [0.15, 0.2) is 42.5 Å². The van der Waals surface area contributed by atoms with Crippen molar-refractivity contribution < 1.29 is 14.3 Å². The van der Waals surface area contributed by atoms with Gasteiger partial charge in [-0.25, -0.2) is 4.79 Å². The van der Waals surface area contributed by atoms with E-state index in [0.29, 0.717) is 59.7 Å². The van der Waals surface area contributed by atoms with Crippen LogP contribution < -0.4 is 15.4 Å². The van der Waals surface area contributed by atoms with Crippen LogP contribution in [0.2, 0.25) is 10.0 Å². The molecule has 1 aromatic heterocycles. The molecule has 2 aromatic carbocycles. The Bertz CT molecular complexity index is 1240. The van der Waals surface area contributed by atoms with E-state index in [1.54, 1.807) is 30.3 Å². The quantitative estimate of drug-likeness (QED) is 0.314. The van der Waals surface area contributed by atoms with Gasteiger partial charge < -0.3 is 20.1 Å². The molecule has 0 radical (unpaired) electrons. The van der Waals surface area contributed by atoms with Crippen molar-refractivity contribution in [2.45, 2.75) is 59.4 Å². The molecular weight excluding hydrogens is 513 g/mol. The fourth-order valence-electron chi connectivity index (χ4n) is 3.55. The molecule has 3 aromatic rings. The lowest BCUT2D eigenvalue weighted by Gasteiger charge is -2.19. The molecule has 3 rings (SSSR count). The average Bonchev–Trinajstić information content (AvgIpc) is 3.14. The van der Waals surface area contributed by atoms with Crippen LogP contribution in [0.25, 0.3) is 0 Å². The summed E-state index contributed by atoms with van der Waals surface area (Å²) in [6.07, 6.45) is 0.152. The third-order valence-electron chi connectivity index (χ3n) is 5.16. The van der Waals surface area contributed by atoms with Crippen LogP contribution in [-0.2, 0) is 30.8 Å². The van der Waals surface area contributed by atoms with E-state index in [9.17, 15) is 4.79 Å². The highest BCUT2D eigenvalue weighted by Crippen LogP contribution is 2.33. The van der Waals surface area contributed by atoms with Crippen molar-refractivity contribution in [2.75, 3.05) is 6.54 Å². The van der Waals surface area contributed by atoms with E-state index in [0.717, 1.165) is 17.0 Å². The molecule has 0 saturated carbocycles. The lowest BCUT2D eigenvalue weighted by atomic mass is 10.1. The number of alkyl carbamates (subject to hydrolysis) is 1. The first-order chi connectivity index (χ1) is 17.6. The summed E-state index contributed by atoms with van der Waals surface area (Å²) in [5, 5.41) is 20.9. The van der Waals surface area contributed by atoms with Crippen LogP contribution in [0.4, 0.5) is 4.79 Å². The fraction of sp³-hybridized carbons (Fsp3) is 0.370. The minimum absolute atomic E-state index is 0.324. The van der Waals surface area contributed by atoms with Crippen LogP contribution in [0.1, 0.15) is 50.2 Å². The van der Waals surface area contributed by atoms with Gasteiger partial charge in [0, 0.05) is 29.7 Å². The van der Waals surface area contributed by atoms with Gasteiger partial charge in [0.25, 0.3) is 0 Å². The van der Waals surface area contributed by atoms with Gasteiger partial charge >= 0.3 is 6.09 Å². The van der Waals surface area contributed by atoms with Gasteiger partial charge in [-0.3, -0.25) is 4.68 Å². The summed E-state index contributed by atoms with van der Waals surface area (Å²) in [6, 6.07) is 14.6. The second kappa shape index (κ2) is 12.8. The summed E-state index contributed by atoms with van der Waals surface area (Å²) in [6.45, 7) is 9.22. The molecule has 196 valence electrons. The number of halogens is 2. The number of carbonyl (C=O) groups is 1. The zero-order chi connectivity index (χ0) is 27.0. The van der Waals surface area contributed by atoms with Gasteiger partial charge in [-0.15, -0.1) is 0 Å². The van der Waals surface area contributed by atoms with E-state index in [-0.39, 0.29) is 0 Å². The van der Waals surface area contributed by atoms with Crippen LogP contribution in [-0.4, -0.2) is 28.0 Å². The lowest BCUT2D eigenvalue weighted by Crippen LogP contribution is -2.34. The largest absolute Gasteiger partial charge is 0.453 e. The number of benzene rings is 2. The lowest BCUT2D eigenvalue weighted by molar-refractivity contribution is 0.0525. The van der Waals surface area contributed by atoms with Crippen molar-refractivity contribution in [2.24, 2.45) is 0 Å². The maximum absolute atomic E-state index is 12.1. The van der Waals surface area contributed by atoms with Gasteiger partial charge in [0.15, 0.2) is 5.75 Å². The van der Waals surface area contributed by atoms with Gasteiger partial charge in [-0.05, 0) is 63.1 Å². The van der Waals surface area contributed by atoms with Crippen molar-refractivity contribution in [3.63, 3.8) is 0 Å². The number of nitrogens with zero attached hydrogens (tertiary/aromatic N) is 3. The van der Waals surface area contributed by atoms with E-state index in [2.05, 4.69) is 16.7 Å². The summed E-state index contributed by atoms with van der Waals surface area (Å²) in [5.74, 6) is 1.12. The number of hydrogen-bond acceptors (Lipinski definition) is 6. The van der Waals surface area contributed by atoms with Crippen molar-refractivity contribution in [3.05, 3.63) is 75.0 Å². The number of nitriles is 1. The molecule has 0 aliphatic carbocycles. The summed E-state index contributed by atoms with van der Waals surface area (Å²) in [7, 11) is 0. The molecule has 0 bridgehead atoms. The minimum Gasteiger partial charge on any atom is -0.453 e. The van der Waals surface area contributed by atoms with Crippen LogP contribution >= 0.6 is 23.2 Å². The third kappa shape index (κ3) is 8.67.